The van der Waals surface area contributed by atoms with Gasteiger partial charge in [0.25, 0.3) is 5.69 Å². The Morgan fingerprint density at radius 1 is 0.906 bits per heavy atom. The predicted molar refractivity (Wildman–Crippen MR) is 126 cm³/mol. The van der Waals surface area contributed by atoms with Crippen molar-refractivity contribution in [2.75, 3.05) is 18.0 Å². The molecule has 4 rings (SSSR count). The van der Waals surface area contributed by atoms with E-state index < -0.39 is 4.92 Å². The van der Waals surface area contributed by atoms with E-state index in [1.807, 2.05) is 42.5 Å². The molecule has 0 aliphatic carbocycles. The van der Waals surface area contributed by atoms with Gasteiger partial charge in [-0.15, -0.1) is 0 Å². The normalized spacial score (nSPS) is 14.6. The summed E-state index contributed by atoms with van der Waals surface area (Å²) in [6.07, 6.45) is 3.77. The highest BCUT2D eigenvalue weighted by Crippen LogP contribution is 2.32. The number of rotatable bonds is 7. The van der Waals surface area contributed by atoms with Gasteiger partial charge in [-0.1, -0.05) is 60.7 Å². The Morgan fingerprint density at radius 2 is 1.56 bits per heavy atom. The average molecular weight is 430 g/mol. The van der Waals surface area contributed by atoms with E-state index >= 15 is 0 Å². The SMILES string of the molecule is O=C(Cc1ccc([N+](=O)[O-])cc1)NC(c1ccccc1)c1ccccc1N1CCCCC1. The molecule has 3 aromatic rings. The van der Waals surface area contributed by atoms with Gasteiger partial charge >= 0.3 is 0 Å². The molecule has 1 saturated heterocycles. The molecule has 1 heterocycles. The van der Waals surface area contributed by atoms with E-state index in [0.29, 0.717) is 0 Å². The van der Waals surface area contributed by atoms with Gasteiger partial charge in [0, 0.05) is 36.5 Å². The zero-order valence-electron chi connectivity index (χ0n) is 17.9. The standard InChI is InChI=1S/C26H27N3O3/c30-25(19-20-13-15-22(16-14-20)29(31)32)27-26(21-9-3-1-4-10-21)23-11-5-6-12-24(23)28-17-7-2-8-18-28/h1,3-6,9-16,26H,2,7-8,17-19H2,(H,27,30). The van der Waals surface area contributed by atoms with Gasteiger partial charge in [-0.3, -0.25) is 14.9 Å². The van der Waals surface area contributed by atoms with Crippen LogP contribution in [0, 0.1) is 10.1 Å². The Hall–Kier alpha value is -3.67. The Morgan fingerprint density at radius 3 is 2.25 bits per heavy atom. The third-order valence-electron chi connectivity index (χ3n) is 5.89. The Labute approximate surface area is 188 Å². The maximum atomic E-state index is 13.0. The first-order valence-electron chi connectivity index (χ1n) is 11.0. The van der Waals surface area contributed by atoms with Crippen molar-refractivity contribution in [3.05, 3.63) is 106 Å². The lowest BCUT2D eigenvalue weighted by Gasteiger charge is -2.33. The van der Waals surface area contributed by atoms with Crippen molar-refractivity contribution in [2.24, 2.45) is 0 Å². The van der Waals surface area contributed by atoms with Crippen molar-refractivity contribution >= 4 is 17.3 Å². The van der Waals surface area contributed by atoms with Crippen molar-refractivity contribution in [1.82, 2.24) is 5.32 Å². The molecular weight excluding hydrogens is 402 g/mol. The molecule has 6 nitrogen and oxygen atoms in total. The molecule has 0 bridgehead atoms. The first-order chi connectivity index (χ1) is 15.6. The number of nitrogens with zero attached hydrogens (tertiary/aromatic N) is 2. The number of nitro groups is 1. The number of anilines is 1. The minimum Gasteiger partial charge on any atom is -0.371 e. The fraction of sp³-hybridized carbons (Fsp3) is 0.269. The summed E-state index contributed by atoms with van der Waals surface area (Å²) in [5.41, 5.74) is 4.03. The molecule has 0 spiro atoms. The highest BCUT2D eigenvalue weighted by atomic mass is 16.6. The summed E-state index contributed by atoms with van der Waals surface area (Å²) in [7, 11) is 0. The van der Waals surface area contributed by atoms with E-state index in [1.165, 1.54) is 31.4 Å². The molecule has 0 saturated carbocycles. The maximum Gasteiger partial charge on any atom is 0.269 e. The lowest BCUT2D eigenvalue weighted by Crippen LogP contribution is -2.34. The molecule has 0 aromatic heterocycles. The summed E-state index contributed by atoms with van der Waals surface area (Å²) < 4.78 is 0. The molecule has 1 unspecified atom stereocenters. The highest BCUT2D eigenvalue weighted by Gasteiger charge is 2.23. The van der Waals surface area contributed by atoms with Crippen molar-refractivity contribution in [1.29, 1.82) is 0 Å². The predicted octanol–water partition coefficient (Wildman–Crippen LogP) is 5.03. The average Bonchev–Trinajstić information content (AvgIpc) is 2.84. The topological polar surface area (TPSA) is 75.5 Å². The smallest absolute Gasteiger partial charge is 0.269 e. The molecule has 164 valence electrons. The summed E-state index contributed by atoms with van der Waals surface area (Å²) in [4.78, 5) is 25.9. The summed E-state index contributed by atoms with van der Waals surface area (Å²) in [6, 6.07) is 24.1. The number of hydrogen-bond acceptors (Lipinski definition) is 4. The molecule has 1 N–H and O–H groups in total. The van der Waals surface area contributed by atoms with E-state index in [2.05, 4.69) is 22.3 Å². The van der Waals surface area contributed by atoms with E-state index in [-0.39, 0.29) is 24.1 Å². The monoisotopic (exact) mass is 429 g/mol. The molecule has 1 aliphatic heterocycles. The highest BCUT2D eigenvalue weighted by molar-refractivity contribution is 5.80. The number of nitrogens with one attached hydrogen (secondary N) is 1. The van der Waals surface area contributed by atoms with Gasteiger partial charge in [-0.25, -0.2) is 0 Å². The van der Waals surface area contributed by atoms with Crippen LogP contribution in [0.25, 0.3) is 0 Å². The van der Waals surface area contributed by atoms with Crippen molar-refractivity contribution in [3.8, 4) is 0 Å². The van der Waals surface area contributed by atoms with Crippen LogP contribution in [0.1, 0.15) is 42.0 Å². The number of piperidine rings is 1. The second kappa shape index (κ2) is 10.1. The second-order valence-corrected chi connectivity index (χ2v) is 8.12. The molecule has 32 heavy (non-hydrogen) atoms. The number of carbonyl (C=O) groups excluding carboxylic acids is 1. The zero-order chi connectivity index (χ0) is 22.3. The number of para-hydroxylation sites is 1. The minimum absolute atomic E-state index is 0.0202. The molecular formula is C26H27N3O3. The maximum absolute atomic E-state index is 13.0. The van der Waals surface area contributed by atoms with Crippen LogP contribution in [0.3, 0.4) is 0 Å². The van der Waals surface area contributed by atoms with Crippen LogP contribution in [-0.4, -0.2) is 23.9 Å². The van der Waals surface area contributed by atoms with Crippen LogP contribution in [0.4, 0.5) is 11.4 Å². The van der Waals surface area contributed by atoms with Crippen LogP contribution in [-0.2, 0) is 11.2 Å². The summed E-state index contributed by atoms with van der Waals surface area (Å²) in [5, 5.41) is 14.1. The molecule has 3 aromatic carbocycles. The van der Waals surface area contributed by atoms with E-state index in [1.54, 1.807) is 12.1 Å². The van der Waals surface area contributed by atoms with Gasteiger partial charge in [0.15, 0.2) is 0 Å². The van der Waals surface area contributed by atoms with Crippen LogP contribution in [0.2, 0.25) is 0 Å². The molecule has 1 amide bonds. The van der Waals surface area contributed by atoms with E-state index in [9.17, 15) is 14.9 Å². The number of hydrogen-bond donors (Lipinski definition) is 1. The Kier molecular flexibility index (Phi) is 6.80. The quantitative estimate of drug-likeness (QED) is 0.422. The van der Waals surface area contributed by atoms with Crippen LogP contribution < -0.4 is 10.2 Å². The van der Waals surface area contributed by atoms with E-state index in [4.69, 9.17) is 0 Å². The largest absolute Gasteiger partial charge is 0.371 e. The first-order valence-corrected chi connectivity index (χ1v) is 11.0. The lowest BCUT2D eigenvalue weighted by atomic mass is 9.95. The van der Waals surface area contributed by atoms with Gasteiger partial charge in [-0.2, -0.15) is 0 Å². The number of amides is 1. The molecule has 6 heteroatoms. The summed E-state index contributed by atoms with van der Waals surface area (Å²) in [6.45, 7) is 2.05. The zero-order valence-corrected chi connectivity index (χ0v) is 17.9. The van der Waals surface area contributed by atoms with E-state index in [0.717, 1.165) is 35.5 Å². The molecule has 0 radical (unpaired) electrons. The third kappa shape index (κ3) is 5.14. The van der Waals surface area contributed by atoms with Gasteiger partial charge in [0.2, 0.25) is 5.91 Å². The molecule has 1 atom stereocenters. The molecule has 1 fully saturated rings. The van der Waals surface area contributed by atoms with Gasteiger partial charge < -0.3 is 10.2 Å². The van der Waals surface area contributed by atoms with Gasteiger partial charge in [0.05, 0.1) is 17.4 Å². The van der Waals surface area contributed by atoms with Gasteiger partial charge in [0.1, 0.15) is 0 Å². The van der Waals surface area contributed by atoms with Crippen molar-refractivity contribution in [2.45, 2.75) is 31.7 Å². The van der Waals surface area contributed by atoms with Crippen LogP contribution in [0.15, 0.2) is 78.9 Å². The Balaban J connectivity index is 1.60. The Bertz CT molecular complexity index is 1060. The summed E-state index contributed by atoms with van der Waals surface area (Å²) in [5.74, 6) is -0.124. The van der Waals surface area contributed by atoms with Crippen molar-refractivity contribution in [3.63, 3.8) is 0 Å². The van der Waals surface area contributed by atoms with Crippen LogP contribution in [0.5, 0.6) is 0 Å². The fourth-order valence-corrected chi connectivity index (χ4v) is 4.27. The minimum atomic E-state index is -0.438. The number of carbonyl (C=O) groups is 1. The number of non-ortho nitro benzene ring substituents is 1. The lowest BCUT2D eigenvalue weighted by molar-refractivity contribution is -0.384. The van der Waals surface area contributed by atoms with Crippen molar-refractivity contribution < 1.29 is 9.72 Å². The third-order valence-corrected chi connectivity index (χ3v) is 5.89. The molecule has 1 aliphatic rings. The summed E-state index contributed by atoms with van der Waals surface area (Å²) >= 11 is 0. The van der Waals surface area contributed by atoms with Crippen LogP contribution >= 0.6 is 0 Å². The van der Waals surface area contributed by atoms with Gasteiger partial charge in [-0.05, 0) is 36.5 Å². The first kappa shape index (κ1) is 21.6. The fourth-order valence-electron chi connectivity index (χ4n) is 4.27. The number of nitro benzene ring substituents is 1. The second-order valence-electron chi connectivity index (χ2n) is 8.12. The number of benzene rings is 3.